The fourth-order valence-electron chi connectivity index (χ4n) is 2.90. The van der Waals surface area contributed by atoms with Crippen LogP contribution in [0, 0.1) is 0 Å². The van der Waals surface area contributed by atoms with Gasteiger partial charge in [-0.25, -0.2) is 0 Å². The molecule has 0 bridgehead atoms. The third-order valence-electron chi connectivity index (χ3n) is 3.81. The van der Waals surface area contributed by atoms with E-state index >= 15 is 0 Å². The normalized spacial score (nSPS) is 30.6. The summed E-state index contributed by atoms with van der Waals surface area (Å²) in [6, 6.07) is 0.841. The van der Waals surface area contributed by atoms with Crippen LogP contribution < -0.4 is 5.32 Å². The lowest BCUT2D eigenvalue weighted by Gasteiger charge is -2.29. The second-order valence-corrected chi connectivity index (χ2v) is 4.83. The highest BCUT2D eigenvalue weighted by Crippen LogP contribution is 2.17. The Hall–Kier alpha value is -0.120. The minimum Gasteiger partial charge on any atom is -0.315 e. The average molecular weight is 211 g/mol. The number of likely N-dealkylation sites (N-methyl/N-ethyl adjacent to an activating group) is 1. The predicted molar refractivity (Wildman–Crippen MR) is 64.2 cm³/mol. The molecule has 1 unspecified atom stereocenters. The molecule has 88 valence electrons. The molecule has 1 N–H and O–H groups in total. The van der Waals surface area contributed by atoms with Gasteiger partial charge in [0.1, 0.15) is 0 Å². The van der Waals surface area contributed by atoms with Crippen molar-refractivity contribution >= 4 is 0 Å². The van der Waals surface area contributed by atoms with Gasteiger partial charge in [0.25, 0.3) is 0 Å². The van der Waals surface area contributed by atoms with Crippen LogP contribution in [0.3, 0.4) is 0 Å². The van der Waals surface area contributed by atoms with Crippen molar-refractivity contribution in [2.24, 2.45) is 0 Å². The first-order chi connectivity index (χ1) is 7.40. The summed E-state index contributed by atoms with van der Waals surface area (Å²) in [6.45, 7) is 11.1. The maximum Gasteiger partial charge on any atom is 0.0223 e. The second kappa shape index (κ2) is 5.83. The van der Waals surface area contributed by atoms with Gasteiger partial charge < -0.3 is 10.2 Å². The zero-order valence-corrected chi connectivity index (χ0v) is 10.0. The minimum atomic E-state index is 0.841. The number of nitrogens with one attached hydrogen (secondary N) is 1. The molecule has 2 aliphatic rings. The number of hydrogen-bond donors (Lipinski definition) is 1. The van der Waals surface area contributed by atoms with Gasteiger partial charge in [-0.05, 0) is 45.4 Å². The van der Waals surface area contributed by atoms with E-state index in [2.05, 4.69) is 22.0 Å². The van der Waals surface area contributed by atoms with Crippen molar-refractivity contribution in [3.05, 3.63) is 0 Å². The third-order valence-corrected chi connectivity index (χ3v) is 3.81. The quantitative estimate of drug-likeness (QED) is 0.744. The standard InChI is InChI=1S/C12H25N3/c1-2-15-9-3-5-12(15)11-14-8-4-6-13-7-10-14/h12-13H,2-11H2,1H3. The van der Waals surface area contributed by atoms with E-state index in [1.165, 1.54) is 65.1 Å². The van der Waals surface area contributed by atoms with Gasteiger partial charge in [0.2, 0.25) is 0 Å². The summed E-state index contributed by atoms with van der Waals surface area (Å²) in [5.41, 5.74) is 0. The van der Waals surface area contributed by atoms with Crippen LogP contribution in [0.25, 0.3) is 0 Å². The summed E-state index contributed by atoms with van der Waals surface area (Å²) < 4.78 is 0. The van der Waals surface area contributed by atoms with Crippen molar-refractivity contribution in [1.29, 1.82) is 0 Å². The number of hydrogen-bond acceptors (Lipinski definition) is 3. The van der Waals surface area contributed by atoms with Gasteiger partial charge >= 0.3 is 0 Å². The molecular formula is C12H25N3. The highest BCUT2D eigenvalue weighted by molar-refractivity contribution is 4.82. The van der Waals surface area contributed by atoms with Crippen molar-refractivity contribution in [1.82, 2.24) is 15.1 Å². The molecule has 0 saturated carbocycles. The van der Waals surface area contributed by atoms with Crippen molar-refractivity contribution in [2.45, 2.75) is 32.2 Å². The van der Waals surface area contributed by atoms with Gasteiger partial charge in [-0.3, -0.25) is 4.90 Å². The Labute approximate surface area is 93.8 Å². The molecule has 3 heteroatoms. The fraction of sp³-hybridized carbons (Fsp3) is 1.00. The van der Waals surface area contributed by atoms with E-state index in [9.17, 15) is 0 Å². The first-order valence-corrected chi connectivity index (χ1v) is 6.57. The Bertz CT molecular complexity index is 176. The van der Waals surface area contributed by atoms with E-state index < -0.39 is 0 Å². The lowest BCUT2D eigenvalue weighted by Crippen LogP contribution is -2.41. The zero-order valence-electron chi connectivity index (χ0n) is 10.0. The summed E-state index contributed by atoms with van der Waals surface area (Å²) in [6.07, 6.45) is 4.14. The number of nitrogens with zero attached hydrogens (tertiary/aromatic N) is 2. The molecule has 2 fully saturated rings. The van der Waals surface area contributed by atoms with Crippen LogP contribution in [-0.4, -0.2) is 61.7 Å². The number of rotatable bonds is 3. The van der Waals surface area contributed by atoms with Crippen molar-refractivity contribution in [3.63, 3.8) is 0 Å². The van der Waals surface area contributed by atoms with E-state index in [0.717, 1.165) is 6.04 Å². The molecule has 1 atom stereocenters. The Morgan fingerprint density at radius 2 is 2.07 bits per heavy atom. The van der Waals surface area contributed by atoms with Crippen LogP contribution in [0.1, 0.15) is 26.2 Å². The van der Waals surface area contributed by atoms with Crippen LogP contribution in [-0.2, 0) is 0 Å². The Morgan fingerprint density at radius 3 is 2.93 bits per heavy atom. The molecular weight excluding hydrogens is 186 g/mol. The topological polar surface area (TPSA) is 18.5 Å². The molecule has 2 heterocycles. The molecule has 15 heavy (non-hydrogen) atoms. The smallest absolute Gasteiger partial charge is 0.0223 e. The monoisotopic (exact) mass is 211 g/mol. The molecule has 0 spiro atoms. The molecule has 3 nitrogen and oxygen atoms in total. The third kappa shape index (κ3) is 3.16. The predicted octanol–water partition coefficient (Wildman–Crippen LogP) is 0.766. The largest absolute Gasteiger partial charge is 0.315 e. The van der Waals surface area contributed by atoms with Crippen LogP contribution in [0.5, 0.6) is 0 Å². The van der Waals surface area contributed by atoms with Gasteiger partial charge in [0.05, 0.1) is 0 Å². The van der Waals surface area contributed by atoms with E-state index in [4.69, 9.17) is 0 Å². The SMILES string of the molecule is CCN1CCCC1CN1CCCNCC1. The molecule has 0 aromatic carbocycles. The molecule has 0 aromatic rings. The first-order valence-electron chi connectivity index (χ1n) is 6.57. The van der Waals surface area contributed by atoms with Gasteiger partial charge in [-0.15, -0.1) is 0 Å². The van der Waals surface area contributed by atoms with Crippen LogP contribution >= 0.6 is 0 Å². The highest BCUT2D eigenvalue weighted by Gasteiger charge is 2.24. The lowest BCUT2D eigenvalue weighted by molar-refractivity contribution is 0.183. The maximum absolute atomic E-state index is 3.47. The summed E-state index contributed by atoms with van der Waals surface area (Å²) in [4.78, 5) is 5.30. The van der Waals surface area contributed by atoms with Crippen molar-refractivity contribution < 1.29 is 0 Å². The van der Waals surface area contributed by atoms with Gasteiger partial charge in [0.15, 0.2) is 0 Å². The van der Waals surface area contributed by atoms with Crippen LogP contribution in [0.4, 0.5) is 0 Å². The van der Waals surface area contributed by atoms with Gasteiger partial charge in [-0.1, -0.05) is 6.92 Å². The van der Waals surface area contributed by atoms with Crippen molar-refractivity contribution in [3.8, 4) is 0 Å². The first kappa shape index (κ1) is 11.4. The minimum absolute atomic E-state index is 0.841. The van der Waals surface area contributed by atoms with E-state index in [0.29, 0.717) is 0 Å². The Kier molecular flexibility index (Phi) is 4.42. The molecule has 2 aliphatic heterocycles. The van der Waals surface area contributed by atoms with E-state index in [-0.39, 0.29) is 0 Å². The maximum atomic E-state index is 3.47. The Balaban J connectivity index is 1.78. The summed E-state index contributed by atoms with van der Waals surface area (Å²) in [7, 11) is 0. The molecule has 2 saturated heterocycles. The van der Waals surface area contributed by atoms with Crippen LogP contribution in [0.2, 0.25) is 0 Å². The van der Waals surface area contributed by atoms with E-state index in [1.807, 2.05) is 0 Å². The molecule has 0 aliphatic carbocycles. The second-order valence-electron chi connectivity index (χ2n) is 4.83. The van der Waals surface area contributed by atoms with Gasteiger partial charge in [-0.2, -0.15) is 0 Å². The molecule has 2 rings (SSSR count). The van der Waals surface area contributed by atoms with Crippen LogP contribution in [0.15, 0.2) is 0 Å². The molecule has 0 radical (unpaired) electrons. The van der Waals surface area contributed by atoms with E-state index in [1.54, 1.807) is 0 Å². The summed E-state index contributed by atoms with van der Waals surface area (Å²) >= 11 is 0. The van der Waals surface area contributed by atoms with Gasteiger partial charge in [0, 0.05) is 25.7 Å². The van der Waals surface area contributed by atoms with Crippen molar-refractivity contribution in [2.75, 3.05) is 45.8 Å². The summed E-state index contributed by atoms with van der Waals surface area (Å²) in [5, 5.41) is 3.47. The molecule has 0 amide bonds. The fourth-order valence-corrected chi connectivity index (χ4v) is 2.90. The zero-order chi connectivity index (χ0) is 10.5. The Morgan fingerprint density at radius 1 is 1.13 bits per heavy atom. The number of likely N-dealkylation sites (tertiary alicyclic amines) is 1. The average Bonchev–Trinajstić information content (AvgIpc) is 2.53. The summed E-state index contributed by atoms with van der Waals surface area (Å²) in [5.74, 6) is 0. The molecule has 0 aromatic heterocycles. The lowest BCUT2D eigenvalue weighted by atomic mass is 10.2. The highest BCUT2D eigenvalue weighted by atomic mass is 15.2.